The third-order valence-electron chi connectivity index (χ3n) is 5.03. The molecule has 1 N–H and O–H groups in total. The Balaban J connectivity index is 1.56. The fourth-order valence-corrected chi connectivity index (χ4v) is 3.87. The minimum absolute atomic E-state index is 0.186. The van der Waals surface area contributed by atoms with Crippen molar-refractivity contribution in [3.8, 4) is 5.75 Å². The molecule has 8 heteroatoms. The predicted molar refractivity (Wildman–Crippen MR) is 94.7 cm³/mol. The zero-order valence-electron chi connectivity index (χ0n) is 14.3. The summed E-state index contributed by atoms with van der Waals surface area (Å²) in [5.41, 5.74) is -0.00281. The number of benzene rings is 1. The molecule has 2 aromatic rings. The lowest BCUT2D eigenvalue weighted by molar-refractivity contribution is 0.0436. The second kappa shape index (κ2) is 6.39. The molecule has 2 aliphatic rings. The summed E-state index contributed by atoms with van der Waals surface area (Å²) in [7, 11) is 1.53. The number of methoxy groups -OCH3 is 1. The summed E-state index contributed by atoms with van der Waals surface area (Å²) < 4.78 is 16.5. The number of furan rings is 1. The Bertz CT molecular complexity index is 880. The van der Waals surface area contributed by atoms with Gasteiger partial charge in [0.05, 0.1) is 13.7 Å². The number of nitrogens with one attached hydrogen (secondary N) is 1. The monoisotopic (exact) mass is 378 g/mol. The minimum Gasteiger partial charge on any atom is -0.493 e. The first-order valence-electron chi connectivity index (χ1n) is 8.53. The van der Waals surface area contributed by atoms with Crippen molar-refractivity contribution in [2.45, 2.75) is 24.9 Å². The molecule has 2 saturated heterocycles. The molecule has 4 rings (SSSR count). The van der Waals surface area contributed by atoms with Crippen LogP contribution in [-0.4, -0.2) is 49.2 Å². The van der Waals surface area contributed by atoms with Gasteiger partial charge < -0.3 is 24.1 Å². The van der Waals surface area contributed by atoms with Crippen LogP contribution in [0.4, 0.5) is 4.79 Å². The van der Waals surface area contributed by atoms with E-state index in [9.17, 15) is 9.59 Å². The van der Waals surface area contributed by atoms with E-state index in [1.807, 2.05) is 0 Å². The number of rotatable bonds is 2. The zero-order chi connectivity index (χ0) is 18.3. The van der Waals surface area contributed by atoms with Crippen molar-refractivity contribution >= 4 is 34.6 Å². The lowest BCUT2D eigenvalue weighted by Gasteiger charge is -2.24. The standard InChI is InChI=1S/C18H19ClN2O5/c1-24-13-9-12(19)7-11-8-14(25-15(11)13)16(22)21-5-2-3-18(4-6-21)10-20-17(23)26-18/h7-9H,2-6,10H2,1H3,(H,20,23)/t18-/m1/s1. The number of nitrogens with zero attached hydrogens (tertiary/aromatic N) is 1. The summed E-state index contributed by atoms with van der Waals surface area (Å²) in [4.78, 5) is 26.1. The van der Waals surface area contributed by atoms with Gasteiger partial charge in [-0.15, -0.1) is 0 Å². The van der Waals surface area contributed by atoms with Gasteiger partial charge in [-0.2, -0.15) is 0 Å². The van der Waals surface area contributed by atoms with Crippen molar-refractivity contribution in [2.75, 3.05) is 26.7 Å². The molecule has 2 aliphatic heterocycles. The Morgan fingerprint density at radius 1 is 1.31 bits per heavy atom. The van der Waals surface area contributed by atoms with E-state index in [1.165, 1.54) is 7.11 Å². The first-order valence-corrected chi connectivity index (χ1v) is 8.91. The van der Waals surface area contributed by atoms with Gasteiger partial charge in [0.1, 0.15) is 5.60 Å². The molecule has 3 heterocycles. The second-order valence-corrected chi connectivity index (χ2v) is 7.15. The maximum absolute atomic E-state index is 12.9. The van der Waals surface area contributed by atoms with E-state index < -0.39 is 5.60 Å². The molecule has 7 nitrogen and oxygen atoms in total. The molecule has 1 atom stereocenters. The SMILES string of the molecule is COc1cc(Cl)cc2cc(C(=O)N3CCC[C@@]4(CC3)CNC(=O)O4)oc12. The van der Waals surface area contributed by atoms with Gasteiger partial charge in [0.15, 0.2) is 17.1 Å². The van der Waals surface area contributed by atoms with Crippen molar-refractivity contribution in [2.24, 2.45) is 0 Å². The zero-order valence-corrected chi connectivity index (χ0v) is 15.1. The van der Waals surface area contributed by atoms with Crippen LogP contribution in [0, 0.1) is 0 Å². The molecular formula is C18H19ClN2O5. The average molecular weight is 379 g/mol. The van der Waals surface area contributed by atoms with Crippen LogP contribution >= 0.6 is 11.6 Å². The van der Waals surface area contributed by atoms with Gasteiger partial charge in [0.2, 0.25) is 0 Å². The predicted octanol–water partition coefficient (Wildman–Crippen LogP) is 3.20. The van der Waals surface area contributed by atoms with Gasteiger partial charge in [-0.3, -0.25) is 4.79 Å². The number of hydrogen-bond acceptors (Lipinski definition) is 5. The second-order valence-electron chi connectivity index (χ2n) is 6.71. The van der Waals surface area contributed by atoms with Crippen LogP contribution in [0.1, 0.15) is 29.8 Å². The summed E-state index contributed by atoms with van der Waals surface area (Å²) in [6.45, 7) is 1.59. The normalized spacial score (nSPS) is 23.0. The summed E-state index contributed by atoms with van der Waals surface area (Å²) in [5.74, 6) is 0.553. The van der Waals surface area contributed by atoms with Crippen LogP contribution in [0.3, 0.4) is 0 Å². The number of likely N-dealkylation sites (tertiary alicyclic amines) is 1. The fourth-order valence-electron chi connectivity index (χ4n) is 3.65. The van der Waals surface area contributed by atoms with E-state index in [-0.39, 0.29) is 17.8 Å². The van der Waals surface area contributed by atoms with Crippen LogP contribution < -0.4 is 10.1 Å². The molecule has 0 unspecified atom stereocenters. The molecule has 0 saturated carbocycles. The highest BCUT2D eigenvalue weighted by molar-refractivity contribution is 6.31. The summed E-state index contributed by atoms with van der Waals surface area (Å²) >= 11 is 6.08. The van der Waals surface area contributed by atoms with Gasteiger partial charge in [-0.25, -0.2) is 4.79 Å². The number of halogens is 1. The number of ether oxygens (including phenoxy) is 2. The molecule has 2 amide bonds. The molecule has 1 aromatic carbocycles. The Morgan fingerprint density at radius 3 is 2.88 bits per heavy atom. The van der Waals surface area contributed by atoms with Crippen molar-refractivity contribution in [1.82, 2.24) is 10.2 Å². The summed E-state index contributed by atoms with van der Waals surface area (Å²) in [6, 6.07) is 5.07. The van der Waals surface area contributed by atoms with E-state index in [1.54, 1.807) is 23.1 Å². The molecule has 1 aromatic heterocycles. The van der Waals surface area contributed by atoms with Gasteiger partial charge >= 0.3 is 6.09 Å². The Labute approximate surface area is 155 Å². The van der Waals surface area contributed by atoms with E-state index in [2.05, 4.69) is 5.32 Å². The van der Waals surface area contributed by atoms with Gasteiger partial charge in [0, 0.05) is 36.0 Å². The van der Waals surface area contributed by atoms with Gasteiger partial charge in [0.25, 0.3) is 5.91 Å². The van der Waals surface area contributed by atoms with Crippen molar-refractivity contribution in [3.63, 3.8) is 0 Å². The highest BCUT2D eigenvalue weighted by atomic mass is 35.5. The maximum Gasteiger partial charge on any atom is 0.407 e. The van der Waals surface area contributed by atoms with Crippen LogP contribution in [-0.2, 0) is 4.74 Å². The molecule has 138 valence electrons. The molecule has 2 fully saturated rings. The lowest BCUT2D eigenvalue weighted by Crippen LogP contribution is -2.36. The number of hydrogen-bond donors (Lipinski definition) is 1. The number of amides is 2. The largest absolute Gasteiger partial charge is 0.493 e. The van der Waals surface area contributed by atoms with E-state index >= 15 is 0 Å². The van der Waals surface area contributed by atoms with Crippen LogP contribution in [0.2, 0.25) is 5.02 Å². The molecular weight excluding hydrogens is 360 g/mol. The van der Waals surface area contributed by atoms with Crippen LogP contribution in [0.15, 0.2) is 22.6 Å². The average Bonchev–Trinajstić information content (AvgIpc) is 3.13. The molecule has 0 bridgehead atoms. The third-order valence-corrected chi connectivity index (χ3v) is 5.24. The Hall–Kier alpha value is -2.41. The minimum atomic E-state index is -0.503. The molecule has 1 spiro atoms. The Morgan fingerprint density at radius 2 is 2.15 bits per heavy atom. The first-order chi connectivity index (χ1) is 12.5. The lowest BCUT2D eigenvalue weighted by atomic mass is 9.95. The quantitative estimate of drug-likeness (QED) is 0.867. The van der Waals surface area contributed by atoms with Crippen molar-refractivity contribution in [3.05, 3.63) is 29.0 Å². The van der Waals surface area contributed by atoms with Crippen molar-refractivity contribution in [1.29, 1.82) is 0 Å². The number of fused-ring (bicyclic) bond motifs is 1. The third kappa shape index (κ3) is 2.96. The van der Waals surface area contributed by atoms with Gasteiger partial charge in [-0.05, 0) is 25.0 Å². The van der Waals surface area contributed by atoms with E-state index in [4.69, 9.17) is 25.5 Å². The highest BCUT2D eigenvalue weighted by Gasteiger charge is 2.42. The van der Waals surface area contributed by atoms with Crippen LogP contribution in [0.5, 0.6) is 5.75 Å². The number of carbonyl (C=O) groups excluding carboxylic acids is 2. The van der Waals surface area contributed by atoms with Crippen molar-refractivity contribution < 1.29 is 23.5 Å². The number of alkyl carbamates (subject to hydrolysis) is 1. The molecule has 0 radical (unpaired) electrons. The van der Waals surface area contributed by atoms with E-state index in [0.29, 0.717) is 42.4 Å². The maximum atomic E-state index is 12.9. The highest BCUT2D eigenvalue weighted by Crippen LogP contribution is 2.34. The summed E-state index contributed by atoms with van der Waals surface area (Å²) in [6.07, 6.45) is 1.72. The Kier molecular flexibility index (Phi) is 4.19. The molecule has 26 heavy (non-hydrogen) atoms. The number of carbonyl (C=O) groups is 2. The smallest absolute Gasteiger partial charge is 0.407 e. The van der Waals surface area contributed by atoms with Gasteiger partial charge in [-0.1, -0.05) is 11.6 Å². The van der Waals surface area contributed by atoms with Crippen LogP contribution in [0.25, 0.3) is 11.0 Å². The molecule has 0 aliphatic carbocycles. The summed E-state index contributed by atoms with van der Waals surface area (Å²) in [5, 5.41) is 3.95. The first kappa shape index (κ1) is 17.0. The van der Waals surface area contributed by atoms with E-state index in [0.717, 1.165) is 18.2 Å². The fraction of sp³-hybridized carbons (Fsp3) is 0.444. The topological polar surface area (TPSA) is 81.0 Å².